The van der Waals surface area contributed by atoms with E-state index in [1.807, 2.05) is 12.1 Å². The quantitative estimate of drug-likeness (QED) is 0.786. The van der Waals surface area contributed by atoms with Crippen molar-refractivity contribution in [2.75, 3.05) is 26.2 Å². The molecule has 1 fully saturated rings. The second-order valence-corrected chi connectivity index (χ2v) is 4.96. The van der Waals surface area contributed by atoms with E-state index in [-0.39, 0.29) is 5.88 Å². The van der Waals surface area contributed by atoms with Gasteiger partial charge < -0.3 is 14.2 Å². The summed E-state index contributed by atoms with van der Waals surface area (Å²) >= 11 is 6.02. The molecule has 0 N–H and O–H groups in total. The van der Waals surface area contributed by atoms with Crippen molar-refractivity contribution in [3.63, 3.8) is 0 Å². The second kappa shape index (κ2) is 5.47. The lowest BCUT2D eigenvalue weighted by Gasteiger charge is -2.26. The molecular formula is C14H19ClO3. The first-order valence-electron chi connectivity index (χ1n) is 6.15. The van der Waals surface area contributed by atoms with Crippen molar-refractivity contribution in [1.82, 2.24) is 0 Å². The Bertz CT molecular complexity index is 412. The largest absolute Gasteiger partial charge is 0.496 e. The van der Waals surface area contributed by atoms with Crippen LogP contribution in [0.5, 0.6) is 5.75 Å². The summed E-state index contributed by atoms with van der Waals surface area (Å²) in [6, 6.07) is 5.97. The van der Waals surface area contributed by atoms with Crippen molar-refractivity contribution >= 4 is 11.6 Å². The maximum absolute atomic E-state index is 6.02. The summed E-state index contributed by atoms with van der Waals surface area (Å²) in [6.07, 6.45) is 0. The van der Waals surface area contributed by atoms with E-state index >= 15 is 0 Å². The van der Waals surface area contributed by atoms with E-state index in [1.54, 1.807) is 7.11 Å². The summed E-state index contributed by atoms with van der Waals surface area (Å²) in [5.74, 6) is 0.749. The van der Waals surface area contributed by atoms with Crippen LogP contribution in [-0.2, 0) is 15.3 Å². The van der Waals surface area contributed by atoms with Crippen LogP contribution >= 0.6 is 11.6 Å². The molecule has 1 saturated heterocycles. The number of hydrogen-bond donors (Lipinski definition) is 0. The molecule has 1 aliphatic rings. The SMILES string of the molecule is COc1ccc(C2(CCl)OCCO2)cc1C(C)C. The standard InChI is InChI=1S/C14H19ClO3/c1-10(2)12-8-11(4-5-13(12)16-3)14(9-15)17-6-7-18-14/h4-5,8,10H,6-7,9H2,1-3H3. The molecule has 0 amide bonds. The van der Waals surface area contributed by atoms with Crippen LogP contribution in [0.3, 0.4) is 0 Å². The number of methoxy groups -OCH3 is 1. The highest BCUT2D eigenvalue weighted by atomic mass is 35.5. The van der Waals surface area contributed by atoms with Gasteiger partial charge in [0.05, 0.1) is 26.2 Å². The highest BCUT2D eigenvalue weighted by molar-refractivity contribution is 6.18. The van der Waals surface area contributed by atoms with Crippen LogP contribution in [0.4, 0.5) is 0 Å². The zero-order valence-electron chi connectivity index (χ0n) is 11.0. The van der Waals surface area contributed by atoms with Gasteiger partial charge in [0.15, 0.2) is 0 Å². The fraction of sp³-hybridized carbons (Fsp3) is 0.571. The predicted molar refractivity (Wildman–Crippen MR) is 71.4 cm³/mol. The molecule has 0 bridgehead atoms. The van der Waals surface area contributed by atoms with Gasteiger partial charge in [0.25, 0.3) is 0 Å². The van der Waals surface area contributed by atoms with Crippen LogP contribution in [-0.4, -0.2) is 26.2 Å². The smallest absolute Gasteiger partial charge is 0.209 e. The van der Waals surface area contributed by atoms with Crippen molar-refractivity contribution in [3.8, 4) is 5.75 Å². The van der Waals surface area contributed by atoms with Gasteiger partial charge >= 0.3 is 0 Å². The maximum atomic E-state index is 6.02. The van der Waals surface area contributed by atoms with Crippen LogP contribution < -0.4 is 4.74 Å². The van der Waals surface area contributed by atoms with Crippen molar-refractivity contribution in [2.24, 2.45) is 0 Å². The van der Waals surface area contributed by atoms with Crippen molar-refractivity contribution in [3.05, 3.63) is 29.3 Å². The van der Waals surface area contributed by atoms with Gasteiger partial charge in [-0.2, -0.15) is 0 Å². The Morgan fingerprint density at radius 2 is 2.00 bits per heavy atom. The van der Waals surface area contributed by atoms with E-state index in [1.165, 1.54) is 0 Å². The first kappa shape index (κ1) is 13.7. The summed E-state index contributed by atoms with van der Waals surface area (Å²) < 4.78 is 16.8. The topological polar surface area (TPSA) is 27.7 Å². The minimum atomic E-state index is -0.794. The lowest BCUT2D eigenvalue weighted by Crippen LogP contribution is -2.29. The third kappa shape index (κ3) is 2.35. The Kier molecular flexibility index (Phi) is 4.15. The third-order valence-corrected chi connectivity index (χ3v) is 3.57. The molecule has 0 atom stereocenters. The molecule has 1 aromatic carbocycles. The molecule has 1 aliphatic heterocycles. The molecule has 0 unspecified atom stereocenters. The summed E-state index contributed by atoms with van der Waals surface area (Å²) in [5.41, 5.74) is 2.10. The lowest BCUT2D eigenvalue weighted by atomic mass is 9.96. The van der Waals surface area contributed by atoms with Gasteiger partial charge in [-0.25, -0.2) is 0 Å². The van der Waals surface area contributed by atoms with E-state index in [2.05, 4.69) is 19.9 Å². The van der Waals surface area contributed by atoms with Gasteiger partial charge in [-0.15, -0.1) is 11.6 Å². The number of alkyl halides is 1. The average Bonchev–Trinajstić information content (AvgIpc) is 2.87. The molecule has 3 nitrogen and oxygen atoms in total. The summed E-state index contributed by atoms with van der Waals surface area (Å²) in [6.45, 7) is 5.42. The average molecular weight is 271 g/mol. The predicted octanol–water partition coefficient (Wildman–Crippen LogP) is 3.26. The lowest BCUT2D eigenvalue weighted by molar-refractivity contribution is -0.146. The van der Waals surface area contributed by atoms with Gasteiger partial charge in [-0.05, 0) is 29.7 Å². The Morgan fingerprint density at radius 3 is 2.50 bits per heavy atom. The molecule has 2 rings (SSSR count). The number of halogens is 1. The summed E-state index contributed by atoms with van der Waals surface area (Å²) in [4.78, 5) is 0. The Labute approximate surface area is 113 Å². The molecule has 0 aromatic heterocycles. The zero-order valence-corrected chi connectivity index (χ0v) is 11.8. The molecule has 0 spiro atoms. The molecule has 4 heteroatoms. The molecule has 0 radical (unpaired) electrons. The van der Waals surface area contributed by atoms with Gasteiger partial charge in [0, 0.05) is 5.56 Å². The maximum Gasteiger partial charge on any atom is 0.209 e. The number of hydrogen-bond acceptors (Lipinski definition) is 3. The first-order valence-corrected chi connectivity index (χ1v) is 6.68. The van der Waals surface area contributed by atoms with Crippen LogP contribution in [0.25, 0.3) is 0 Å². The highest BCUT2D eigenvalue weighted by Gasteiger charge is 2.38. The van der Waals surface area contributed by atoms with Gasteiger partial charge in [0.1, 0.15) is 5.75 Å². The Hall–Kier alpha value is -0.770. The number of ether oxygens (including phenoxy) is 3. The Balaban J connectivity index is 2.42. The van der Waals surface area contributed by atoms with Crippen LogP contribution in [0, 0.1) is 0 Å². The normalized spacial score (nSPS) is 18.3. The van der Waals surface area contributed by atoms with Crippen LogP contribution in [0.2, 0.25) is 0 Å². The fourth-order valence-corrected chi connectivity index (χ4v) is 2.51. The fourth-order valence-electron chi connectivity index (χ4n) is 2.20. The van der Waals surface area contributed by atoms with E-state index in [9.17, 15) is 0 Å². The van der Waals surface area contributed by atoms with Crippen molar-refractivity contribution in [1.29, 1.82) is 0 Å². The first-order chi connectivity index (χ1) is 8.63. The van der Waals surface area contributed by atoms with Gasteiger partial charge in [0.2, 0.25) is 5.79 Å². The van der Waals surface area contributed by atoms with Crippen LogP contribution in [0.1, 0.15) is 30.9 Å². The van der Waals surface area contributed by atoms with E-state index in [4.69, 9.17) is 25.8 Å². The van der Waals surface area contributed by atoms with E-state index in [0.29, 0.717) is 19.1 Å². The highest BCUT2D eigenvalue weighted by Crippen LogP contribution is 2.37. The molecule has 100 valence electrons. The molecular weight excluding hydrogens is 252 g/mol. The summed E-state index contributed by atoms with van der Waals surface area (Å²) in [5, 5.41) is 0. The van der Waals surface area contributed by atoms with Crippen molar-refractivity contribution < 1.29 is 14.2 Å². The van der Waals surface area contributed by atoms with Gasteiger partial charge in [-0.3, -0.25) is 0 Å². The number of rotatable bonds is 4. The minimum Gasteiger partial charge on any atom is -0.496 e. The van der Waals surface area contributed by atoms with Crippen LogP contribution in [0.15, 0.2) is 18.2 Å². The minimum absolute atomic E-state index is 0.289. The summed E-state index contributed by atoms with van der Waals surface area (Å²) in [7, 11) is 1.68. The van der Waals surface area contributed by atoms with Gasteiger partial charge in [-0.1, -0.05) is 13.8 Å². The molecule has 1 heterocycles. The zero-order chi connectivity index (χ0) is 13.2. The molecule has 0 saturated carbocycles. The molecule has 1 aromatic rings. The Morgan fingerprint density at radius 1 is 1.33 bits per heavy atom. The van der Waals surface area contributed by atoms with Crippen molar-refractivity contribution in [2.45, 2.75) is 25.6 Å². The second-order valence-electron chi connectivity index (χ2n) is 4.69. The third-order valence-electron chi connectivity index (χ3n) is 3.22. The van der Waals surface area contributed by atoms with E-state index < -0.39 is 5.79 Å². The van der Waals surface area contributed by atoms with E-state index in [0.717, 1.165) is 16.9 Å². The number of benzene rings is 1. The molecule has 18 heavy (non-hydrogen) atoms. The molecule has 0 aliphatic carbocycles. The monoisotopic (exact) mass is 270 g/mol.